The Bertz CT molecular complexity index is 371. The van der Waals surface area contributed by atoms with Crippen LogP contribution in [0.5, 0.6) is 11.5 Å². The number of carbonyl (C=O) groups is 1. The number of ether oxygens (including phenoxy) is 2. The molecule has 0 N–H and O–H groups in total. The van der Waals surface area contributed by atoms with Gasteiger partial charge in [0.15, 0.2) is 23.4 Å². The van der Waals surface area contributed by atoms with Crippen LogP contribution in [0.1, 0.15) is 0 Å². The molecule has 2 rings (SSSR count). The first-order chi connectivity index (χ1) is 6.81. The number of carbonyl (C=O) groups excluding carboxylic acids is 1. The average molecular weight is 190 g/mol. The average Bonchev–Trinajstić information content (AvgIpc) is 2.27. The number of para-hydroxylation sites is 2. The number of fused-ring (bicyclic) bond motifs is 1. The maximum Gasteiger partial charge on any atom is 0.199 e. The predicted octanol–water partition coefficient (Wildman–Crippen LogP) is 1.58. The number of rotatable bonds is 2. The molecule has 0 radical (unpaired) electrons. The quantitative estimate of drug-likeness (QED) is 0.664. The van der Waals surface area contributed by atoms with Gasteiger partial charge < -0.3 is 9.47 Å². The van der Waals surface area contributed by atoms with E-state index >= 15 is 0 Å². The number of ketones is 1. The van der Waals surface area contributed by atoms with E-state index in [1.807, 2.05) is 18.2 Å². The summed E-state index contributed by atoms with van der Waals surface area (Å²) in [7, 11) is 0. The Labute approximate surface area is 81.9 Å². The van der Waals surface area contributed by atoms with E-state index < -0.39 is 6.10 Å². The molecule has 1 aliphatic heterocycles. The highest BCUT2D eigenvalue weighted by molar-refractivity contribution is 5.93. The minimum absolute atomic E-state index is 0.153. The van der Waals surface area contributed by atoms with Crippen molar-refractivity contribution in [1.29, 1.82) is 0 Å². The minimum Gasteiger partial charge on any atom is -0.485 e. The lowest BCUT2D eigenvalue weighted by molar-refractivity contribution is -0.123. The lowest BCUT2D eigenvalue weighted by atomic mass is 10.2. The Balaban J connectivity index is 2.21. The topological polar surface area (TPSA) is 35.5 Å². The molecule has 72 valence electrons. The van der Waals surface area contributed by atoms with Crippen molar-refractivity contribution in [3.05, 3.63) is 36.9 Å². The first-order valence-corrected chi connectivity index (χ1v) is 4.36. The summed E-state index contributed by atoms with van der Waals surface area (Å²) < 4.78 is 10.8. The van der Waals surface area contributed by atoms with Crippen molar-refractivity contribution >= 4 is 5.78 Å². The second-order valence-electron chi connectivity index (χ2n) is 2.97. The smallest absolute Gasteiger partial charge is 0.199 e. The molecule has 1 heterocycles. The zero-order chi connectivity index (χ0) is 9.97. The maximum absolute atomic E-state index is 11.3. The highest BCUT2D eigenvalue weighted by Crippen LogP contribution is 2.30. The Morgan fingerprint density at radius 2 is 2.14 bits per heavy atom. The number of hydrogen-bond donors (Lipinski definition) is 0. The third-order valence-electron chi connectivity index (χ3n) is 2.03. The highest BCUT2D eigenvalue weighted by Gasteiger charge is 2.24. The fraction of sp³-hybridized carbons (Fsp3) is 0.182. The molecule has 0 spiro atoms. The van der Waals surface area contributed by atoms with Gasteiger partial charge in [-0.3, -0.25) is 4.79 Å². The molecule has 14 heavy (non-hydrogen) atoms. The lowest BCUT2D eigenvalue weighted by Gasteiger charge is -2.24. The largest absolute Gasteiger partial charge is 0.485 e. The molecular formula is C11H10O3. The summed E-state index contributed by atoms with van der Waals surface area (Å²) in [5, 5.41) is 0. The molecule has 1 aromatic rings. The van der Waals surface area contributed by atoms with Gasteiger partial charge in [-0.15, -0.1) is 0 Å². The van der Waals surface area contributed by atoms with Crippen molar-refractivity contribution < 1.29 is 14.3 Å². The SMILES string of the molecule is C=CC(=O)C1COc2ccccc2O1. The zero-order valence-corrected chi connectivity index (χ0v) is 7.60. The molecule has 0 saturated carbocycles. The summed E-state index contributed by atoms with van der Waals surface area (Å²) in [6.45, 7) is 3.66. The van der Waals surface area contributed by atoms with E-state index in [1.54, 1.807) is 6.07 Å². The van der Waals surface area contributed by atoms with Crippen LogP contribution in [0.15, 0.2) is 36.9 Å². The standard InChI is InChI=1S/C11H10O3/c1-2-8(12)11-7-13-9-5-3-4-6-10(9)14-11/h2-6,11H,1,7H2. The third-order valence-corrected chi connectivity index (χ3v) is 2.03. The van der Waals surface area contributed by atoms with Crippen LogP contribution in [0.25, 0.3) is 0 Å². The van der Waals surface area contributed by atoms with E-state index in [9.17, 15) is 4.79 Å². The van der Waals surface area contributed by atoms with Crippen LogP contribution in [0.3, 0.4) is 0 Å². The third kappa shape index (κ3) is 1.48. The molecule has 0 aromatic heterocycles. The fourth-order valence-corrected chi connectivity index (χ4v) is 1.29. The first kappa shape index (κ1) is 8.81. The van der Waals surface area contributed by atoms with Crippen LogP contribution >= 0.6 is 0 Å². The highest BCUT2D eigenvalue weighted by atomic mass is 16.6. The molecule has 0 saturated heterocycles. The van der Waals surface area contributed by atoms with E-state index in [0.717, 1.165) is 0 Å². The van der Waals surface area contributed by atoms with Crippen LogP contribution in [-0.4, -0.2) is 18.5 Å². The molecule has 1 aliphatic rings. The maximum atomic E-state index is 11.3. The number of benzene rings is 1. The zero-order valence-electron chi connectivity index (χ0n) is 7.60. The Hall–Kier alpha value is -1.77. The fourth-order valence-electron chi connectivity index (χ4n) is 1.29. The predicted molar refractivity (Wildman–Crippen MR) is 51.6 cm³/mol. The van der Waals surface area contributed by atoms with E-state index in [-0.39, 0.29) is 12.4 Å². The van der Waals surface area contributed by atoms with Crippen molar-refractivity contribution in [1.82, 2.24) is 0 Å². The van der Waals surface area contributed by atoms with Gasteiger partial charge in [-0.25, -0.2) is 0 Å². The minimum atomic E-state index is -0.553. The molecule has 0 fully saturated rings. The van der Waals surface area contributed by atoms with Gasteiger partial charge in [-0.2, -0.15) is 0 Å². The van der Waals surface area contributed by atoms with Crippen molar-refractivity contribution in [2.75, 3.05) is 6.61 Å². The van der Waals surface area contributed by atoms with Gasteiger partial charge in [0.2, 0.25) is 0 Å². The number of hydrogen-bond acceptors (Lipinski definition) is 3. The molecule has 1 unspecified atom stereocenters. The lowest BCUT2D eigenvalue weighted by Crippen LogP contribution is -2.35. The second kappa shape index (κ2) is 3.54. The Kier molecular flexibility index (Phi) is 2.23. The van der Waals surface area contributed by atoms with E-state index in [2.05, 4.69) is 6.58 Å². The molecule has 1 aromatic carbocycles. The van der Waals surface area contributed by atoms with Crippen LogP contribution in [0.4, 0.5) is 0 Å². The summed E-state index contributed by atoms with van der Waals surface area (Å²) in [6.07, 6.45) is 0.699. The molecular weight excluding hydrogens is 180 g/mol. The van der Waals surface area contributed by atoms with Crippen molar-refractivity contribution in [3.8, 4) is 11.5 Å². The van der Waals surface area contributed by atoms with Crippen LogP contribution in [0.2, 0.25) is 0 Å². The van der Waals surface area contributed by atoms with Crippen LogP contribution in [0, 0.1) is 0 Å². The normalized spacial score (nSPS) is 18.7. The van der Waals surface area contributed by atoms with E-state index in [0.29, 0.717) is 11.5 Å². The monoisotopic (exact) mass is 190 g/mol. The van der Waals surface area contributed by atoms with Crippen LogP contribution < -0.4 is 9.47 Å². The van der Waals surface area contributed by atoms with Crippen molar-refractivity contribution in [2.45, 2.75) is 6.10 Å². The van der Waals surface area contributed by atoms with Gasteiger partial charge in [-0.05, 0) is 18.2 Å². The van der Waals surface area contributed by atoms with E-state index in [4.69, 9.17) is 9.47 Å². The molecule has 0 amide bonds. The van der Waals surface area contributed by atoms with Gasteiger partial charge in [0, 0.05) is 0 Å². The van der Waals surface area contributed by atoms with Gasteiger partial charge >= 0.3 is 0 Å². The Morgan fingerprint density at radius 1 is 1.43 bits per heavy atom. The van der Waals surface area contributed by atoms with Gasteiger partial charge in [0.25, 0.3) is 0 Å². The van der Waals surface area contributed by atoms with E-state index in [1.165, 1.54) is 6.08 Å². The molecule has 0 aliphatic carbocycles. The van der Waals surface area contributed by atoms with Crippen molar-refractivity contribution in [2.24, 2.45) is 0 Å². The summed E-state index contributed by atoms with van der Waals surface area (Å²) in [5.41, 5.74) is 0. The first-order valence-electron chi connectivity index (χ1n) is 4.36. The van der Waals surface area contributed by atoms with Crippen LogP contribution in [-0.2, 0) is 4.79 Å². The van der Waals surface area contributed by atoms with Gasteiger partial charge in [-0.1, -0.05) is 18.7 Å². The second-order valence-corrected chi connectivity index (χ2v) is 2.97. The molecule has 0 bridgehead atoms. The molecule has 3 nitrogen and oxygen atoms in total. The summed E-state index contributed by atoms with van der Waals surface area (Å²) in [4.78, 5) is 11.3. The summed E-state index contributed by atoms with van der Waals surface area (Å²) >= 11 is 0. The van der Waals surface area contributed by atoms with Gasteiger partial charge in [0.05, 0.1) is 0 Å². The Morgan fingerprint density at radius 3 is 2.86 bits per heavy atom. The summed E-state index contributed by atoms with van der Waals surface area (Å²) in [6, 6.07) is 7.28. The molecule has 1 atom stereocenters. The van der Waals surface area contributed by atoms with Crippen molar-refractivity contribution in [3.63, 3.8) is 0 Å². The van der Waals surface area contributed by atoms with Gasteiger partial charge in [0.1, 0.15) is 6.61 Å². The molecule has 3 heteroatoms. The summed E-state index contributed by atoms with van der Waals surface area (Å²) in [5.74, 6) is 1.14.